The summed E-state index contributed by atoms with van der Waals surface area (Å²) in [5.74, 6) is 5.48. The molecular formula is C28H37N3O2. The lowest BCUT2D eigenvalue weighted by molar-refractivity contribution is -0.131. The summed E-state index contributed by atoms with van der Waals surface area (Å²) in [7, 11) is 0. The Morgan fingerprint density at radius 2 is 1.79 bits per heavy atom. The Hall–Kier alpha value is -1.75. The molecule has 0 spiro atoms. The van der Waals surface area contributed by atoms with Gasteiger partial charge >= 0.3 is 0 Å². The van der Waals surface area contributed by atoms with Gasteiger partial charge in [-0.25, -0.2) is 4.68 Å². The van der Waals surface area contributed by atoms with Crippen LogP contribution in [-0.4, -0.2) is 31.5 Å². The highest BCUT2D eigenvalue weighted by molar-refractivity contribution is 5.84. The Morgan fingerprint density at radius 1 is 1.03 bits per heavy atom. The van der Waals surface area contributed by atoms with Gasteiger partial charge in [-0.2, -0.15) is 0 Å². The number of carbonyl (C=O) groups is 1. The van der Waals surface area contributed by atoms with Gasteiger partial charge in [0.05, 0.1) is 11.1 Å². The molecule has 0 radical (unpaired) electrons. The van der Waals surface area contributed by atoms with Gasteiger partial charge in [0.1, 0.15) is 12.1 Å². The molecule has 5 nitrogen and oxygen atoms in total. The molecule has 1 aromatic heterocycles. The van der Waals surface area contributed by atoms with Crippen molar-refractivity contribution in [2.75, 3.05) is 0 Å². The van der Waals surface area contributed by atoms with E-state index in [0.29, 0.717) is 30.1 Å². The number of para-hydroxylation sites is 1. The molecule has 0 amide bonds. The molecule has 0 aliphatic heterocycles. The highest BCUT2D eigenvalue weighted by Gasteiger charge is 2.69. The minimum Gasteiger partial charge on any atom is -0.389 e. The zero-order valence-corrected chi connectivity index (χ0v) is 20.0. The molecule has 2 aromatic rings. The number of rotatable bonds is 3. The van der Waals surface area contributed by atoms with E-state index in [1.165, 1.54) is 38.5 Å². The number of carbonyl (C=O) groups excluding carboxylic acids is 1. The summed E-state index contributed by atoms with van der Waals surface area (Å²) in [6, 6.07) is 7.93. The maximum atomic E-state index is 13.6. The summed E-state index contributed by atoms with van der Waals surface area (Å²) in [5.41, 5.74) is 1.64. The first-order chi connectivity index (χ1) is 15.9. The summed E-state index contributed by atoms with van der Waals surface area (Å²) >= 11 is 0. The standard InChI is InChI=1S/C28H37N3O2/c1-16-26-20-8-7-19-17(18(20)12-14-28(16,26)33)11-13-27(2)21(19)9-10-22(27)25(32)15-31-24-6-4-3-5-23(24)29-30-31/h3-6,16-22,26,33H,7-15H2,1-2H3/t16-,17-,18-,19-,20-,21+,22-,26?,27+,28+/m1/s1. The van der Waals surface area contributed by atoms with Crippen molar-refractivity contribution in [3.05, 3.63) is 24.3 Å². The lowest BCUT2D eigenvalue weighted by Crippen LogP contribution is -2.50. The fourth-order valence-corrected chi connectivity index (χ4v) is 10.1. The smallest absolute Gasteiger partial charge is 0.157 e. The third-order valence-electron chi connectivity index (χ3n) is 11.7. The summed E-state index contributed by atoms with van der Waals surface area (Å²) in [4.78, 5) is 13.6. The number of fused-ring (bicyclic) bond motifs is 8. The molecule has 0 saturated heterocycles. The molecule has 0 bridgehead atoms. The molecule has 1 N–H and O–H groups in total. The van der Waals surface area contributed by atoms with Crippen molar-refractivity contribution in [3.8, 4) is 0 Å². The van der Waals surface area contributed by atoms with Gasteiger partial charge in [0, 0.05) is 5.92 Å². The van der Waals surface area contributed by atoms with Crippen LogP contribution in [0, 0.1) is 52.8 Å². The third-order valence-corrected chi connectivity index (χ3v) is 11.7. The van der Waals surface area contributed by atoms with Gasteiger partial charge in [-0.3, -0.25) is 4.79 Å². The summed E-state index contributed by atoms with van der Waals surface area (Å²) < 4.78 is 1.81. The summed E-state index contributed by atoms with van der Waals surface area (Å²) in [6.45, 7) is 5.07. The Balaban J connectivity index is 1.10. The fourth-order valence-electron chi connectivity index (χ4n) is 10.1. The second kappa shape index (κ2) is 6.90. The minimum absolute atomic E-state index is 0.143. The maximum absolute atomic E-state index is 13.6. The van der Waals surface area contributed by atoms with E-state index in [9.17, 15) is 9.90 Å². The number of Topliss-reactive ketones (excluding diaryl/α,β-unsaturated/α-hetero) is 1. The first-order valence-electron chi connectivity index (χ1n) is 13.4. The number of aromatic nitrogens is 3. The largest absolute Gasteiger partial charge is 0.389 e. The van der Waals surface area contributed by atoms with Crippen LogP contribution in [0.1, 0.15) is 65.2 Å². The van der Waals surface area contributed by atoms with Crippen LogP contribution in [0.4, 0.5) is 0 Å². The first-order valence-corrected chi connectivity index (χ1v) is 13.4. The molecule has 5 saturated carbocycles. The van der Waals surface area contributed by atoms with Crippen LogP contribution < -0.4 is 0 Å². The predicted octanol–water partition coefficient (Wildman–Crippen LogP) is 4.88. The third kappa shape index (κ3) is 2.72. The van der Waals surface area contributed by atoms with E-state index >= 15 is 0 Å². The van der Waals surface area contributed by atoms with Gasteiger partial charge in [-0.05, 0) is 110 Å². The van der Waals surface area contributed by atoms with Gasteiger partial charge < -0.3 is 5.11 Å². The molecule has 5 aliphatic rings. The average molecular weight is 448 g/mol. The Kier molecular flexibility index (Phi) is 4.31. The Labute approximate surface area is 196 Å². The number of hydrogen-bond acceptors (Lipinski definition) is 4. The molecule has 7 rings (SSSR count). The number of nitrogens with zero attached hydrogens (tertiary/aromatic N) is 3. The second-order valence-corrected chi connectivity index (χ2v) is 12.6. The number of aliphatic hydroxyl groups is 1. The van der Waals surface area contributed by atoms with Gasteiger partial charge in [0.2, 0.25) is 0 Å². The Bertz CT molecular complexity index is 1110. The van der Waals surface area contributed by atoms with Crippen molar-refractivity contribution in [1.82, 2.24) is 15.0 Å². The van der Waals surface area contributed by atoms with Crippen molar-refractivity contribution >= 4 is 16.8 Å². The van der Waals surface area contributed by atoms with Crippen molar-refractivity contribution in [2.45, 2.75) is 77.4 Å². The predicted molar refractivity (Wildman–Crippen MR) is 126 cm³/mol. The van der Waals surface area contributed by atoms with Crippen LogP contribution in [0.25, 0.3) is 11.0 Å². The molecule has 176 valence electrons. The molecule has 33 heavy (non-hydrogen) atoms. The number of hydrogen-bond donors (Lipinski definition) is 1. The van der Waals surface area contributed by atoms with Crippen LogP contribution in [0.5, 0.6) is 0 Å². The van der Waals surface area contributed by atoms with E-state index in [0.717, 1.165) is 47.5 Å². The average Bonchev–Trinajstić information content (AvgIpc) is 3.11. The summed E-state index contributed by atoms with van der Waals surface area (Å²) in [5, 5.41) is 19.5. The van der Waals surface area contributed by atoms with Gasteiger partial charge in [-0.15, -0.1) is 5.10 Å². The van der Waals surface area contributed by atoms with Crippen LogP contribution >= 0.6 is 0 Å². The van der Waals surface area contributed by atoms with E-state index in [2.05, 4.69) is 24.2 Å². The maximum Gasteiger partial charge on any atom is 0.157 e. The van der Waals surface area contributed by atoms with Crippen LogP contribution in [-0.2, 0) is 11.3 Å². The minimum atomic E-state index is -0.326. The zero-order valence-electron chi connectivity index (χ0n) is 20.0. The van der Waals surface area contributed by atoms with Gasteiger partial charge in [-0.1, -0.05) is 31.2 Å². The van der Waals surface area contributed by atoms with Crippen molar-refractivity contribution in [1.29, 1.82) is 0 Å². The van der Waals surface area contributed by atoms with Gasteiger partial charge in [0.15, 0.2) is 5.78 Å². The molecule has 1 aromatic carbocycles. The van der Waals surface area contributed by atoms with E-state index in [1.807, 2.05) is 28.9 Å². The highest BCUT2D eigenvalue weighted by atomic mass is 16.3. The number of ketones is 1. The topological polar surface area (TPSA) is 68.0 Å². The van der Waals surface area contributed by atoms with Crippen LogP contribution in [0.15, 0.2) is 24.3 Å². The molecular weight excluding hydrogens is 410 g/mol. The van der Waals surface area contributed by atoms with Crippen molar-refractivity contribution in [3.63, 3.8) is 0 Å². The van der Waals surface area contributed by atoms with E-state index in [4.69, 9.17) is 0 Å². The van der Waals surface area contributed by atoms with Gasteiger partial charge in [0.25, 0.3) is 0 Å². The van der Waals surface area contributed by atoms with Crippen molar-refractivity contribution < 1.29 is 9.90 Å². The molecule has 1 unspecified atom stereocenters. The molecule has 5 aliphatic carbocycles. The molecule has 10 atom stereocenters. The van der Waals surface area contributed by atoms with E-state index < -0.39 is 0 Å². The first kappa shape index (κ1) is 20.6. The normalized spacial score (nSPS) is 48.0. The molecule has 5 fully saturated rings. The molecule has 1 heterocycles. The monoisotopic (exact) mass is 447 g/mol. The van der Waals surface area contributed by atoms with E-state index in [1.54, 1.807) is 0 Å². The SMILES string of the molecule is C[C@@H]1C2[C@@H]3CC[C@@H]4[C@H](CC[C@]5(C)[C@@H](C(=O)Cn6nnc7ccccc76)CC[C@@H]45)[C@H]3CC[C@@]21O. The second-order valence-electron chi connectivity index (χ2n) is 12.6. The number of benzene rings is 1. The van der Waals surface area contributed by atoms with Crippen LogP contribution in [0.3, 0.4) is 0 Å². The van der Waals surface area contributed by atoms with Crippen molar-refractivity contribution in [2.24, 2.45) is 52.8 Å². The highest BCUT2D eigenvalue weighted by Crippen LogP contribution is 2.70. The molecule has 5 heteroatoms. The lowest BCUT2D eigenvalue weighted by Gasteiger charge is -2.56. The zero-order chi connectivity index (χ0) is 22.5. The van der Waals surface area contributed by atoms with E-state index in [-0.39, 0.29) is 16.9 Å². The quantitative estimate of drug-likeness (QED) is 0.728. The summed E-state index contributed by atoms with van der Waals surface area (Å²) in [6.07, 6.45) is 9.62. The Morgan fingerprint density at radius 3 is 2.67 bits per heavy atom. The van der Waals surface area contributed by atoms with Crippen LogP contribution in [0.2, 0.25) is 0 Å². The lowest BCUT2D eigenvalue weighted by atomic mass is 9.49. The fraction of sp³-hybridized carbons (Fsp3) is 0.750.